The molecule has 3 rings (SSSR count). The third-order valence-corrected chi connectivity index (χ3v) is 3.82. The minimum Gasteiger partial charge on any atom is -0.307 e. The molecule has 0 aliphatic heterocycles. The molecule has 0 radical (unpaired) electrons. The van der Waals surface area contributed by atoms with Crippen LogP contribution in [0.5, 0.6) is 0 Å². The molecule has 1 heterocycles. The Morgan fingerprint density at radius 1 is 1.19 bits per heavy atom. The van der Waals surface area contributed by atoms with Gasteiger partial charge in [-0.3, -0.25) is 4.79 Å². The van der Waals surface area contributed by atoms with Gasteiger partial charge >= 0.3 is 0 Å². The summed E-state index contributed by atoms with van der Waals surface area (Å²) in [4.78, 5) is 12.0. The van der Waals surface area contributed by atoms with Gasteiger partial charge in [0.1, 0.15) is 5.82 Å². The lowest BCUT2D eigenvalue weighted by atomic mass is 10.2. The summed E-state index contributed by atoms with van der Waals surface area (Å²) in [5.41, 5.74) is 1.01. The lowest BCUT2D eigenvalue weighted by molar-refractivity contribution is -0.111. The van der Waals surface area contributed by atoms with Gasteiger partial charge in [0, 0.05) is 12.1 Å². The van der Waals surface area contributed by atoms with E-state index in [9.17, 15) is 4.79 Å². The summed E-state index contributed by atoms with van der Waals surface area (Å²) in [5.74, 6) is 0.656. The zero-order chi connectivity index (χ0) is 14.5. The second kappa shape index (κ2) is 6.39. The van der Waals surface area contributed by atoms with Crippen LogP contribution >= 0.6 is 0 Å². The second-order valence-electron chi connectivity index (χ2n) is 5.33. The number of nitrogens with one attached hydrogen (secondary N) is 1. The Bertz CT molecular complexity index is 624. The topological polar surface area (TPSA) is 46.9 Å². The standard InChI is InChI=1S/C17H19N3O/c21-17(11-10-14-6-2-1-3-7-14)19-16-12-13-18-20(16)15-8-4-5-9-15/h1-3,6-7,10-13,15H,4-5,8-9H2,(H,19,21)/b11-10+. The summed E-state index contributed by atoms with van der Waals surface area (Å²) in [6, 6.07) is 12.1. The van der Waals surface area contributed by atoms with E-state index < -0.39 is 0 Å². The van der Waals surface area contributed by atoms with Crippen LogP contribution in [0.3, 0.4) is 0 Å². The number of aromatic nitrogens is 2. The number of rotatable bonds is 4. The van der Waals surface area contributed by atoms with Crippen molar-refractivity contribution in [3.63, 3.8) is 0 Å². The van der Waals surface area contributed by atoms with Crippen molar-refractivity contribution in [1.82, 2.24) is 9.78 Å². The molecule has 1 N–H and O–H groups in total. The van der Waals surface area contributed by atoms with Gasteiger partial charge in [0.25, 0.3) is 0 Å². The molecule has 1 aliphatic rings. The smallest absolute Gasteiger partial charge is 0.249 e. The van der Waals surface area contributed by atoms with E-state index >= 15 is 0 Å². The SMILES string of the molecule is O=C(/C=C/c1ccccc1)Nc1ccnn1C1CCCC1. The summed E-state index contributed by atoms with van der Waals surface area (Å²) in [7, 11) is 0. The molecule has 1 amide bonds. The summed E-state index contributed by atoms with van der Waals surface area (Å²) in [6.07, 6.45) is 9.88. The van der Waals surface area contributed by atoms with Crippen LogP contribution in [0.4, 0.5) is 5.82 Å². The molecule has 1 saturated carbocycles. The Hall–Kier alpha value is -2.36. The molecule has 4 nitrogen and oxygen atoms in total. The third-order valence-electron chi connectivity index (χ3n) is 3.82. The van der Waals surface area contributed by atoms with Crippen molar-refractivity contribution in [3.8, 4) is 0 Å². The van der Waals surface area contributed by atoms with Gasteiger partial charge in [-0.05, 0) is 24.5 Å². The summed E-state index contributed by atoms with van der Waals surface area (Å²) in [6.45, 7) is 0. The maximum atomic E-state index is 12.0. The number of anilines is 1. The van der Waals surface area contributed by atoms with Gasteiger partial charge in [-0.25, -0.2) is 4.68 Å². The van der Waals surface area contributed by atoms with Crippen molar-refractivity contribution >= 4 is 17.8 Å². The fourth-order valence-electron chi connectivity index (χ4n) is 2.76. The van der Waals surface area contributed by atoms with Gasteiger partial charge in [-0.1, -0.05) is 43.2 Å². The minimum atomic E-state index is -0.126. The molecular formula is C17H19N3O. The van der Waals surface area contributed by atoms with Crippen LogP contribution in [0.25, 0.3) is 6.08 Å². The highest BCUT2D eigenvalue weighted by atomic mass is 16.1. The largest absolute Gasteiger partial charge is 0.307 e. The first-order chi connectivity index (χ1) is 10.3. The van der Waals surface area contributed by atoms with Gasteiger partial charge in [0.05, 0.1) is 12.2 Å². The molecule has 108 valence electrons. The number of carbonyl (C=O) groups is 1. The quantitative estimate of drug-likeness (QED) is 0.869. The zero-order valence-electron chi connectivity index (χ0n) is 11.9. The van der Waals surface area contributed by atoms with E-state index in [1.54, 1.807) is 12.3 Å². The van der Waals surface area contributed by atoms with Crippen LogP contribution < -0.4 is 5.32 Å². The van der Waals surface area contributed by atoms with Crippen LogP contribution in [0.15, 0.2) is 48.7 Å². The molecule has 0 saturated heterocycles. The maximum absolute atomic E-state index is 12.0. The molecule has 4 heteroatoms. The van der Waals surface area contributed by atoms with Crippen LogP contribution in [-0.4, -0.2) is 15.7 Å². The van der Waals surface area contributed by atoms with Crippen LogP contribution in [0, 0.1) is 0 Å². The molecule has 1 aromatic carbocycles. The highest BCUT2D eigenvalue weighted by Crippen LogP contribution is 2.31. The molecule has 0 spiro atoms. The molecule has 1 aliphatic carbocycles. The highest BCUT2D eigenvalue weighted by molar-refractivity contribution is 6.01. The monoisotopic (exact) mass is 281 g/mol. The van der Waals surface area contributed by atoms with Crippen molar-refractivity contribution < 1.29 is 4.79 Å². The number of benzene rings is 1. The summed E-state index contributed by atoms with van der Waals surface area (Å²) < 4.78 is 1.95. The third kappa shape index (κ3) is 3.40. The minimum absolute atomic E-state index is 0.126. The highest BCUT2D eigenvalue weighted by Gasteiger charge is 2.20. The molecule has 1 fully saturated rings. The number of amides is 1. The Morgan fingerprint density at radius 2 is 1.95 bits per heavy atom. The van der Waals surface area contributed by atoms with Crippen molar-refractivity contribution in [2.24, 2.45) is 0 Å². The fraction of sp³-hybridized carbons (Fsp3) is 0.294. The number of hydrogen-bond acceptors (Lipinski definition) is 2. The Morgan fingerprint density at radius 3 is 2.71 bits per heavy atom. The van der Waals surface area contributed by atoms with E-state index in [1.807, 2.05) is 47.2 Å². The van der Waals surface area contributed by atoms with Crippen LogP contribution in [0.2, 0.25) is 0 Å². The maximum Gasteiger partial charge on any atom is 0.249 e. The average Bonchev–Trinajstić information content (AvgIpc) is 3.17. The average molecular weight is 281 g/mol. The number of hydrogen-bond donors (Lipinski definition) is 1. The number of carbonyl (C=O) groups excluding carboxylic acids is 1. The number of nitrogens with zero attached hydrogens (tertiary/aromatic N) is 2. The van der Waals surface area contributed by atoms with Crippen LogP contribution in [-0.2, 0) is 4.79 Å². The van der Waals surface area contributed by atoms with Crippen molar-refractivity contribution in [2.45, 2.75) is 31.7 Å². The molecule has 0 atom stereocenters. The van der Waals surface area contributed by atoms with E-state index in [-0.39, 0.29) is 5.91 Å². The molecule has 1 aromatic heterocycles. The van der Waals surface area contributed by atoms with E-state index in [0.717, 1.165) is 24.2 Å². The first-order valence-electron chi connectivity index (χ1n) is 7.40. The molecule has 2 aromatic rings. The zero-order valence-corrected chi connectivity index (χ0v) is 11.9. The first kappa shape index (κ1) is 13.6. The lowest BCUT2D eigenvalue weighted by Gasteiger charge is -2.13. The van der Waals surface area contributed by atoms with Gasteiger partial charge in [-0.15, -0.1) is 0 Å². The van der Waals surface area contributed by atoms with Gasteiger partial charge < -0.3 is 5.32 Å². The van der Waals surface area contributed by atoms with E-state index in [0.29, 0.717) is 6.04 Å². The first-order valence-corrected chi connectivity index (χ1v) is 7.40. The Labute approximate surface area is 124 Å². The normalized spacial score (nSPS) is 15.6. The molecule has 21 heavy (non-hydrogen) atoms. The van der Waals surface area contributed by atoms with Gasteiger partial charge in [0.2, 0.25) is 5.91 Å². The summed E-state index contributed by atoms with van der Waals surface area (Å²) >= 11 is 0. The predicted octanol–water partition coefficient (Wildman–Crippen LogP) is 3.65. The summed E-state index contributed by atoms with van der Waals surface area (Å²) in [5, 5.41) is 7.26. The van der Waals surface area contributed by atoms with E-state index in [1.165, 1.54) is 12.8 Å². The molecular weight excluding hydrogens is 262 g/mol. The van der Waals surface area contributed by atoms with Crippen LogP contribution in [0.1, 0.15) is 37.3 Å². The van der Waals surface area contributed by atoms with E-state index in [4.69, 9.17) is 0 Å². The van der Waals surface area contributed by atoms with Gasteiger partial charge in [-0.2, -0.15) is 5.10 Å². The van der Waals surface area contributed by atoms with Crippen molar-refractivity contribution in [1.29, 1.82) is 0 Å². The fourth-order valence-corrected chi connectivity index (χ4v) is 2.76. The Kier molecular flexibility index (Phi) is 4.15. The Balaban J connectivity index is 1.65. The van der Waals surface area contributed by atoms with Crippen molar-refractivity contribution in [3.05, 3.63) is 54.2 Å². The lowest BCUT2D eigenvalue weighted by Crippen LogP contribution is -2.15. The molecule has 0 unspecified atom stereocenters. The second-order valence-corrected chi connectivity index (χ2v) is 5.33. The van der Waals surface area contributed by atoms with Gasteiger partial charge in [0.15, 0.2) is 0 Å². The molecule has 0 bridgehead atoms. The predicted molar refractivity (Wildman–Crippen MR) is 83.8 cm³/mol. The van der Waals surface area contributed by atoms with Crippen molar-refractivity contribution in [2.75, 3.05) is 5.32 Å². The van der Waals surface area contributed by atoms with E-state index in [2.05, 4.69) is 10.4 Å².